The van der Waals surface area contributed by atoms with E-state index in [1.54, 1.807) is 12.1 Å². The lowest BCUT2D eigenvalue weighted by Crippen LogP contribution is -2.21. The summed E-state index contributed by atoms with van der Waals surface area (Å²) in [6.45, 7) is -0.0266. The molecular formula is C12H17NO5. The van der Waals surface area contributed by atoms with Gasteiger partial charge in [-0.25, -0.2) is 0 Å². The fraction of sp³-hybridized carbons (Fsp3) is 0.417. The fourth-order valence-electron chi connectivity index (χ4n) is 1.69. The summed E-state index contributed by atoms with van der Waals surface area (Å²) in [6.07, 6.45) is 0. The predicted octanol–water partition coefficient (Wildman–Crippen LogP) is 0.839. The van der Waals surface area contributed by atoms with Crippen LogP contribution in [0.2, 0.25) is 0 Å². The van der Waals surface area contributed by atoms with Gasteiger partial charge in [0.2, 0.25) is 0 Å². The minimum Gasteiger partial charge on any atom is -0.496 e. The normalized spacial score (nSPS) is 11.8. The van der Waals surface area contributed by atoms with Gasteiger partial charge in [-0.15, -0.1) is 0 Å². The first-order valence-electron chi connectivity index (χ1n) is 5.31. The van der Waals surface area contributed by atoms with Gasteiger partial charge in [-0.05, 0) is 6.07 Å². The van der Waals surface area contributed by atoms with Crippen LogP contribution in [0.25, 0.3) is 0 Å². The molecule has 0 aromatic heterocycles. The van der Waals surface area contributed by atoms with Gasteiger partial charge in [0.15, 0.2) is 11.5 Å². The third kappa shape index (κ3) is 2.65. The molecule has 0 spiro atoms. The molecule has 0 aliphatic carbocycles. The largest absolute Gasteiger partial charge is 0.496 e. The van der Waals surface area contributed by atoms with Crippen LogP contribution in [0.1, 0.15) is 11.5 Å². The summed E-state index contributed by atoms with van der Waals surface area (Å²) in [5, 5.41) is 9.13. The zero-order valence-corrected chi connectivity index (χ0v) is 10.6. The van der Waals surface area contributed by atoms with Crippen molar-refractivity contribution < 1.29 is 24.1 Å². The molecule has 0 aliphatic rings. The van der Waals surface area contributed by atoms with Crippen LogP contribution in [-0.4, -0.2) is 38.9 Å². The zero-order valence-electron chi connectivity index (χ0n) is 10.6. The van der Waals surface area contributed by atoms with E-state index in [1.165, 1.54) is 21.3 Å². The first-order valence-corrected chi connectivity index (χ1v) is 5.31. The molecule has 0 saturated carbocycles. The molecule has 0 aliphatic heterocycles. The smallest absolute Gasteiger partial charge is 0.312 e. The van der Waals surface area contributed by atoms with Gasteiger partial charge < -0.3 is 25.1 Å². The molecule has 0 bridgehead atoms. The average Bonchev–Trinajstić information content (AvgIpc) is 2.38. The number of nitrogens with two attached hydrogens (primary N) is 1. The van der Waals surface area contributed by atoms with E-state index in [0.29, 0.717) is 22.8 Å². The van der Waals surface area contributed by atoms with Crippen molar-refractivity contribution in [2.45, 2.75) is 5.92 Å². The fourth-order valence-corrected chi connectivity index (χ4v) is 1.69. The number of methoxy groups -OCH3 is 3. The Kier molecular flexibility index (Phi) is 4.79. The molecule has 100 valence electrons. The Labute approximate surface area is 105 Å². The molecule has 1 atom stereocenters. The van der Waals surface area contributed by atoms with E-state index >= 15 is 0 Å². The van der Waals surface area contributed by atoms with Crippen molar-refractivity contribution in [3.05, 3.63) is 17.7 Å². The van der Waals surface area contributed by atoms with Crippen LogP contribution in [0, 0.1) is 0 Å². The molecule has 0 radical (unpaired) electrons. The Hall–Kier alpha value is -1.95. The average molecular weight is 255 g/mol. The molecule has 0 fully saturated rings. The maximum Gasteiger partial charge on any atom is 0.312 e. The molecule has 1 rings (SSSR count). The van der Waals surface area contributed by atoms with E-state index in [1.807, 2.05) is 0 Å². The highest BCUT2D eigenvalue weighted by molar-refractivity contribution is 5.78. The second-order valence-corrected chi connectivity index (χ2v) is 3.58. The van der Waals surface area contributed by atoms with Gasteiger partial charge in [0.05, 0.1) is 27.2 Å². The predicted molar refractivity (Wildman–Crippen MR) is 65.5 cm³/mol. The standard InChI is InChI=1S/C12H17NO5/c1-16-9-5-11(18-3)10(17-2)4-7(9)8(6-13)12(14)15/h4-5,8H,6,13H2,1-3H3,(H,14,15). The second kappa shape index (κ2) is 6.11. The lowest BCUT2D eigenvalue weighted by molar-refractivity contribution is -0.138. The van der Waals surface area contributed by atoms with E-state index in [9.17, 15) is 4.79 Å². The number of carbonyl (C=O) groups is 1. The molecule has 0 heterocycles. The first kappa shape index (κ1) is 14.1. The molecular weight excluding hydrogens is 238 g/mol. The van der Waals surface area contributed by atoms with E-state index < -0.39 is 11.9 Å². The van der Waals surface area contributed by atoms with Crippen molar-refractivity contribution in [2.24, 2.45) is 5.73 Å². The minimum atomic E-state index is -1.01. The van der Waals surface area contributed by atoms with Gasteiger partial charge in [-0.3, -0.25) is 4.79 Å². The van der Waals surface area contributed by atoms with Gasteiger partial charge in [0.1, 0.15) is 5.75 Å². The Balaban J connectivity index is 3.36. The van der Waals surface area contributed by atoms with E-state index in [4.69, 9.17) is 25.1 Å². The van der Waals surface area contributed by atoms with Crippen molar-refractivity contribution in [3.8, 4) is 17.2 Å². The lowest BCUT2D eigenvalue weighted by atomic mass is 9.97. The van der Waals surface area contributed by atoms with E-state index in [0.717, 1.165) is 0 Å². The van der Waals surface area contributed by atoms with Crippen LogP contribution in [0.5, 0.6) is 17.2 Å². The summed E-state index contributed by atoms with van der Waals surface area (Å²) in [5.74, 6) is -0.541. The number of carboxylic acids is 1. The summed E-state index contributed by atoms with van der Waals surface area (Å²) in [7, 11) is 4.43. The Bertz CT molecular complexity index is 433. The van der Waals surface area contributed by atoms with Crippen LogP contribution in [0.4, 0.5) is 0 Å². The highest BCUT2D eigenvalue weighted by Gasteiger charge is 2.24. The van der Waals surface area contributed by atoms with Crippen molar-refractivity contribution in [1.29, 1.82) is 0 Å². The zero-order chi connectivity index (χ0) is 13.7. The molecule has 0 amide bonds. The molecule has 6 heteroatoms. The highest BCUT2D eigenvalue weighted by atomic mass is 16.5. The van der Waals surface area contributed by atoms with E-state index in [2.05, 4.69) is 0 Å². The highest BCUT2D eigenvalue weighted by Crippen LogP contribution is 2.37. The van der Waals surface area contributed by atoms with Crippen LogP contribution < -0.4 is 19.9 Å². The lowest BCUT2D eigenvalue weighted by Gasteiger charge is -2.17. The van der Waals surface area contributed by atoms with Crippen LogP contribution in [0.15, 0.2) is 12.1 Å². The maximum atomic E-state index is 11.1. The maximum absolute atomic E-state index is 11.1. The van der Waals surface area contributed by atoms with Gasteiger partial charge >= 0.3 is 5.97 Å². The summed E-state index contributed by atoms with van der Waals surface area (Å²) < 4.78 is 15.4. The molecule has 1 unspecified atom stereocenters. The summed E-state index contributed by atoms with van der Waals surface area (Å²) in [5.41, 5.74) is 5.95. The van der Waals surface area contributed by atoms with E-state index in [-0.39, 0.29) is 6.54 Å². The summed E-state index contributed by atoms with van der Waals surface area (Å²) >= 11 is 0. The molecule has 18 heavy (non-hydrogen) atoms. The first-order chi connectivity index (χ1) is 8.58. The van der Waals surface area contributed by atoms with Crippen molar-refractivity contribution in [1.82, 2.24) is 0 Å². The van der Waals surface area contributed by atoms with Crippen molar-refractivity contribution in [2.75, 3.05) is 27.9 Å². The van der Waals surface area contributed by atoms with Gasteiger partial charge in [-0.2, -0.15) is 0 Å². The number of benzene rings is 1. The summed E-state index contributed by atoms with van der Waals surface area (Å²) in [6, 6.07) is 3.16. The van der Waals surface area contributed by atoms with Crippen molar-refractivity contribution >= 4 is 5.97 Å². The molecule has 6 nitrogen and oxygen atoms in total. The third-order valence-corrected chi connectivity index (χ3v) is 2.65. The van der Waals surface area contributed by atoms with Crippen LogP contribution >= 0.6 is 0 Å². The third-order valence-electron chi connectivity index (χ3n) is 2.65. The summed E-state index contributed by atoms with van der Waals surface area (Å²) in [4.78, 5) is 11.1. The number of ether oxygens (including phenoxy) is 3. The van der Waals surface area contributed by atoms with Gasteiger partial charge in [0, 0.05) is 18.2 Å². The number of hydrogen-bond donors (Lipinski definition) is 2. The number of carboxylic acid groups (broad SMARTS) is 1. The Morgan fingerprint density at radius 1 is 1.17 bits per heavy atom. The Morgan fingerprint density at radius 3 is 2.06 bits per heavy atom. The second-order valence-electron chi connectivity index (χ2n) is 3.58. The van der Waals surface area contributed by atoms with Gasteiger partial charge in [0.25, 0.3) is 0 Å². The molecule has 1 aromatic carbocycles. The number of rotatable bonds is 6. The quantitative estimate of drug-likeness (QED) is 0.782. The topological polar surface area (TPSA) is 91.0 Å². The van der Waals surface area contributed by atoms with Crippen LogP contribution in [0.3, 0.4) is 0 Å². The Morgan fingerprint density at radius 2 is 1.67 bits per heavy atom. The monoisotopic (exact) mass is 255 g/mol. The van der Waals surface area contributed by atoms with Crippen LogP contribution in [-0.2, 0) is 4.79 Å². The SMILES string of the molecule is COc1cc(OC)c(C(CN)C(=O)O)cc1OC. The molecule has 3 N–H and O–H groups in total. The van der Waals surface area contributed by atoms with Gasteiger partial charge in [-0.1, -0.05) is 0 Å². The number of aliphatic carboxylic acids is 1. The molecule has 0 saturated heterocycles. The molecule has 1 aromatic rings. The van der Waals surface area contributed by atoms with Crippen molar-refractivity contribution in [3.63, 3.8) is 0 Å². The number of hydrogen-bond acceptors (Lipinski definition) is 5. The minimum absolute atomic E-state index is 0.0266.